The summed E-state index contributed by atoms with van der Waals surface area (Å²) in [5, 5.41) is 13.3. The van der Waals surface area contributed by atoms with Crippen LogP contribution in [-0.2, 0) is 14.9 Å². The Morgan fingerprint density at radius 3 is 2.67 bits per heavy atom. The Morgan fingerprint density at radius 2 is 2.00 bits per heavy atom. The third-order valence-corrected chi connectivity index (χ3v) is 4.65. The van der Waals surface area contributed by atoms with Crippen molar-refractivity contribution >= 4 is 21.7 Å². The van der Waals surface area contributed by atoms with Crippen molar-refractivity contribution in [1.82, 2.24) is 20.2 Å². The molecule has 0 saturated heterocycles. The highest BCUT2D eigenvalue weighted by Gasteiger charge is 2.20. The molecule has 0 bridgehead atoms. The van der Waals surface area contributed by atoms with Gasteiger partial charge in [-0.3, -0.25) is 4.79 Å². The Hall–Kier alpha value is -3.47. The lowest BCUT2D eigenvalue weighted by molar-refractivity contribution is -0.114. The monoisotopic (exact) mass is 389 g/mol. The van der Waals surface area contributed by atoms with E-state index in [1.807, 2.05) is 0 Å². The minimum Gasteiger partial charge on any atom is -0.495 e. The summed E-state index contributed by atoms with van der Waals surface area (Å²) in [6.07, 6.45) is 1.37. The number of amides is 1. The number of nitrogens with one attached hydrogen (secondary N) is 1. The molecule has 27 heavy (non-hydrogen) atoms. The van der Waals surface area contributed by atoms with E-state index in [4.69, 9.17) is 8.92 Å². The Labute approximate surface area is 154 Å². The summed E-state index contributed by atoms with van der Waals surface area (Å²) >= 11 is 0. The first-order valence-electron chi connectivity index (χ1n) is 7.62. The number of rotatable bonds is 6. The van der Waals surface area contributed by atoms with Crippen molar-refractivity contribution in [3.05, 3.63) is 48.8 Å². The van der Waals surface area contributed by atoms with Gasteiger partial charge in [-0.2, -0.15) is 8.42 Å². The van der Waals surface area contributed by atoms with Gasteiger partial charge in [-0.25, -0.2) is 4.68 Å². The SMILES string of the molecule is COc1ccc(S(=O)(=O)Oc2cccc(-n3cnnn3)c2)cc1NC(C)=O. The largest absolute Gasteiger partial charge is 0.495 e. The highest BCUT2D eigenvalue weighted by atomic mass is 32.2. The van der Waals surface area contributed by atoms with Crippen molar-refractivity contribution in [2.75, 3.05) is 12.4 Å². The summed E-state index contributed by atoms with van der Waals surface area (Å²) in [6.45, 7) is 1.31. The molecule has 1 N–H and O–H groups in total. The van der Waals surface area contributed by atoms with Gasteiger partial charge in [-0.1, -0.05) is 6.07 Å². The molecule has 2 aromatic carbocycles. The summed E-state index contributed by atoms with van der Waals surface area (Å²) in [5.74, 6) is 0.0441. The number of hydrogen-bond donors (Lipinski definition) is 1. The van der Waals surface area contributed by atoms with Crippen molar-refractivity contribution in [3.8, 4) is 17.2 Å². The zero-order valence-electron chi connectivity index (χ0n) is 14.4. The maximum Gasteiger partial charge on any atom is 0.339 e. The van der Waals surface area contributed by atoms with Crippen LogP contribution in [-0.4, -0.2) is 41.6 Å². The van der Waals surface area contributed by atoms with E-state index in [2.05, 4.69) is 20.8 Å². The number of carbonyl (C=O) groups is 1. The van der Waals surface area contributed by atoms with Gasteiger partial charge in [0.25, 0.3) is 0 Å². The Kier molecular flexibility index (Phi) is 5.03. The number of carbonyl (C=O) groups excluding carboxylic acids is 1. The molecule has 10 nitrogen and oxygen atoms in total. The van der Waals surface area contributed by atoms with E-state index in [9.17, 15) is 13.2 Å². The number of ether oxygens (including phenoxy) is 1. The van der Waals surface area contributed by atoms with Crippen LogP contribution in [0.1, 0.15) is 6.92 Å². The van der Waals surface area contributed by atoms with Gasteiger partial charge in [0.1, 0.15) is 22.7 Å². The number of anilines is 1. The lowest BCUT2D eigenvalue weighted by Gasteiger charge is -2.12. The summed E-state index contributed by atoms with van der Waals surface area (Å²) in [7, 11) is -2.74. The maximum absolute atomic E-state index is 12.6. The molecule has 3 rings (SSSR count). The first-order valence-corrected chi connectivity index (χ1v) is 9.03. The van der Waals surface area contributed by atoms with Crippen molar-refractivity contribution in [1.29, 1.82) is 0 Å². The van der Waals surface area contributed by atoms with E-state index in [-0.39, 0.29) is 22.2 Å². The fourth-order valence-electron chi connectivity index (χ4n) is 2.26. The molecule has 0 aliphatic carbocycles. The predicted molar refractivity (Wildman–Crippen MR) is 94.3 cm³/mol. The average Bonchev–Trinajstić information content (AvgIpc) is 3.16. The molecule has 0 radical (unpaired) electrons. The minimum atomic E-state index is -4.15. The first kappa shape index (κ1) is 18.3. The molecule has 1 amide bonds. The fourth-order valence-corrected chi connectivity index (χ4v) is 3.21. The molecular formula is C16H15N5O5S. The lowest BCUT2D eigenvalue weighted by Crippen LogP contribution is -2.12. The summed E-state index contributed by atoms with van der Waals surface area (Å²) < 4.78 is 36.9. The lowest BCUT2D eigenvalue weighted by atomic mass is 10.3. The van der Waals surface area contributed by atoms with Gasteiger partial charge in [-0.15, -0.1) is 5.10 Å². The van der Waals surface area contributed by atoms with Crippen molar-refractivity contribution < 1.29 is 22.1 Å². The van der Waals surface area contributed by atoms with Crippen LogP contribution < -0.4 is 14.2 Å². The Morgan fingerprint density at radius 1 is 1.19 bits per heavy atom. The maximum atomic E-state index is 12.6. The average molecular weight is 389 g/mol. The molecular weight excluding hydrogens is 374 g/mol. The van der Waals surface area contributed by atoms with Gasteiger partial charge in [0, 0.05) is 13.0 Å². The van der Waals surface area contributed by atoms with Crippen LogP contribution in [0.4, 0.5) is 5.69 Å². The van der Waals surface area contributed by atoms with Crippen molar-refractivity contribution in [3.63, 3.8) is 0 Å². The van der Waals surface area contributed by atoms with Crippen LogP contribution in [0.15, 0.2) is 53.7 Å². The van der Waals surface area contributed by atoms with Crippen LogP contribution in [0.2, 0.25) is 0 Å². The smallest absolute Gasteiger partial charge is 0.339 e. The van der Waals surface area contributed by atoms with Gasteiger partial charge in [0.15, 0.2) is 0 Å². The Bertz CT molecular complexity index is 1070. The third-order valence-electron chi connectivity index (χ3n) is 3.41. The van der Waals surface area contributed by atoms with Crippen LogP contribution >= 0.6 is 0 Å². The summed E-state index contributed by atoms with van der Waals surface area (Å²) in [4.78, 5) is 11.2. The Balaban J connectivity index is 1.91. The molecule has 140 valence electrons. The first-order chi connectivity index (χ1) is 12.9. The molecule has 1 heterocycles. The molecule has 3 aromatic rings. The highest BCUT2D eigenvalue weighted by Crippen LogP contribution is 2.29. The van der Waals surface area contributed by atoms with Gasteiger partial charge < -0.3 is 14.2 Å². The number of nitrogens with zero attached hydrogens (tertiary/aromatic N) is 4. The van der Waals surface area contributed by atoms with Crippen LogP contribution in [0, 0.1) is 0 Å². The van der Waals surface area contributed by atoms with Gasteiger partial charge in [0.2, 0.25) is 5.91 Å². The number of tetrazole rings is 1. The summed E-state index contributed by atoms with van der Waals surface area (Å²) in [5.41, 5.74) is 0.749. The number of benzene rings is 2. The molecule has 0 fully saturated rings. The number of aromatic nitrogens is 4. The van der Waals surface area contributed by atoms with Crippen LogP contribution in [0.5, 0.6) is 11.5 Å². The normalized spacial score (nSPS) is 11.0. The predicted octanol–water partition coefficient (Wildman–Crippen LogP) is 1.40. The second kappa shape index (κ2) is 7.41. The molecule has 0 aliphatic heterocycles. The molecule has 1 aromatic heterocycles. The quantitative estimate of drug-likeness (QED) is 0.627. The van der Waals surface area contributed by atoms with Crippen molar-refractivity contribution in [2.45, 2.75) is 11.8 Å². The van der Waals surface area contributed by atoms with E-state index in [0.29, 0.717) is 11.4 Å². The van der Waals surface area contributed by atoms with E-state index < -0.39 is 10.1 Å². The van der Waals surface area contributed by atoms with E-state index in [1.54, 1.807) is 12.1 Å². The van der Waals surface area contributed by atoms with Crippen molar-refractivity contribution in [2.24, 2.45) is 0 Å². The summed E-state index contributed by atoms with van der Waals surface area (Å²) in [6, 6.07) is 10.3. The second-order valence-corrected chi connectivity index (χ2v) is 6.88. The third kappa shape index (κ3) is 4.20. The molecule has 0 spiro atoms. The molecule has 0 unspecified atom stereocenters. The topological polar surface area (TPSA) is 125 Å². The van der Waals surface area contributed by atoms with E-state index in [0.717, 1.165) is 0 Å². The van der Waals surface area contributed by atoms with E-state index in [1.165, 1.54) is 55.4 Å². The minimum absolute atomic E-state index is 0.0832. The number of hydrogen-bond acceptors (Lipinski definition) is 8. The zero-order chi connectivity index (χ0) is 19.4. The number of methoxy groups -OCH3 is 1. The second-order valence-electron chi connectivity index (χ2n) is 5.33. The standard InChI is InChI=1S/C16H15N5O5S/c1-11(22)18-15-9-14(6-7-16(15)25-2)27(23,24)26-13-5-3-4-12(8-13)21-10-17-19-20-21/h3-10H,1-2H3,(H,18,22). The van der Waals surface area contributed by atoms with Crippen LogP contribution in [0.25, 0.3) is 5.69 Å². The highest BCUT2D eigenvalue weighted by molar-refractivity contribution is 7.87. The van der Waals surface area contributed by atoms with E-state index >= 15 is 0 Å². The van der Waals surface area contributed by atoms with Crippen LogP contribution in [0.3, 0.4) is 0 Å². The molecule has 0 saturated carbocycles. The zero-order valence-corrected chi connectivity index (χ0v) is 15.2. The van der Waals surface area contributed by atoms with Gasteiger partial charge in [-0.05, 0) is 40.8 Å². The van der Waals surface area contributed by atoms with Gasteiger partial charge in [0.05, 0.1) is 18.5 Å². The molecule has 0 aliphatic rings. The molecule has 11 heteroatoms. The van der Waals surface area contributed by atoms with Gasteiger partial charge >= 0.3 is 10.1 Å². The fraction of sp³-hybridized carbons (Fsp3) is 0.125. The molecule has 0 atom stereocenters.